The van der Waals surface area contributed by atoms with E-state index >= 15 is 0 Å². The molecule has 0 aromatic rings. The number of aliphatic hydroxyl groups is 1. The van der Waals surface area contributed by atoms with Crippen molar-refractivity contribution in [1.82, 2.24) is 4.90 Å². The maximum atomic E-state index is 10.8. The number of carboxylic acid groups (broad SMARTS) is 1. The number of carboxylic acids is 1. The zero-order valence-corrected chi connectivity index (χ0v) is 8.56. The van der Waals surface area contributed by atoms with Crippen LogP contribution < -0.4 is 0 Å². The molecule has 0 amide bonds. The Morgan fingerprint density at radius 3 is 2.36 bits per heavy atom. The van der Waals surface area contributed by atoms with Gasteiger partial charge in [0, 0.05) is 13.1 Å². The number of carbonyl (C=O) groups excluding carboxylic acids is 1. The Labute approximate surface area is 83.3 Å². The molecule has 2 N–H and O–H groups in total. The summed E-state index contributed by atoms with van der Waals surface area (Å²) < 4.78 is 0. The van der Waals surface area contributed by atoms with Crippen LogP contribution in [-0.4, -0.2) is 53.1 Å². The minimum atomic E-state index is -0.892. The Hall–Kier alpha value is -0.940. The van der Waals surface area contributed by atoms with Crippen LogP contribution in [0.15, 0.2) is 0 Å². The number of nitrogens with zero attached hydrogens (tertiary/aromatic N) is 1. The Balaban J connectivity index is 4.07. The molecule has 0 radical (unpaired) electrons. The van der Waals surface area contributed by atoms with Gasteiger partial charge in [0.25, 0.3) is 0 Å². The largest absolute Gasteiger partial charge is 0.481 e. The van der Waals surface area contributed by atoms with E-state index in [2.05, 4.69) is 0 Å². The first-order valence-corrected chi connectivity index (χ1v) is 4.52. The van der Waals surface area contributed by atoms with Crippen LogP contribution in [0.2, 0.25) is 0 Å². The smallest absolute Gasteiger partial charge is 0.307 e. The zero-order chi connectivity index (χ0) is 11.1. The summed E-state index contributed by atoms with van der Waals surface area (Å²) in [6, 6.07) is 0. The predicted molar refractivity (Wildman–Crippen MR) is 51.0 cm³/mol. The van der Waals surface area contributed by atoms with E-state index in [0.717, 1.165) is 0 Å². The van der Waals surface area contributed by atoms with Crippen molar-refractivity contribution in [3.63, 3.8) is 0 Å². The molecule has 0 aliphatic heterocycles. The van der Waals surface area contributed by atoms with Crippen molar-refractivity contribution in [3.05, 3.63) is 0 Å². The second kappa shape index (κ2) is 6.50. The highest BCUT2D eigenvalue weighted by atomic mass is 16.4. The fraction of sp³-hybridized carbons (Fsp3) is 0.778. The van der Waals surface area contributed by atoms with Crippen molar-refractivity contribution < 1.29 is 19.8 Å². The second-order valence-corrected chi connectivity index (χ2v) is 3.40. The molecule has 5 nitrogen and oxygen atoms in total. The van der Waals surface area contributed by atoms with Crippen LogP contribution in [-0.2, 0) is 9.59 Å². The molecule has 5 heteroatoms. The summed E-state index contributed by atoms with van der Waals surface area (Å²) in [5.41, 5.74) is 0. The first-order chi connectivity index (χ1) is 6.47. The summed E-state index contributed by atoms with van der Waals surface area (Å²) in [5.74, 6) is -1.45. The summed E-state index contributed by atoms with van der Waals surface area (Å²) >= 11 is 0. The lowest BCUT2D eigenvalue weighted by atomic mass is 10.1. The van der Waals surface area contributed by atoms with Gasteiger partial charge in [-0.3, -0.25) is 14.5 Å². The van der Waals surface area contributed by atoms with Crippen molar-refractivity contribution in [2.75, 3.05) is 26.2 Å². The van der Waals surface area contributed by atoms with E-state index in [-0.39, 0.29) is 25.5 Å². The number of rotatable bonds is 7. The van der Waals surface area contributed by atoms with Crippen LogP contribution in [0.5, 0.6) is 0 Å². The van der Waals surface area contributed by atoms with E-state index in [0.29, 0.717) is 6.54 Å². The quantitative estimate of drug-likeness (QED) is 0.588. The third-order valence-electron chi connectivity index (χ3n) is 1.82. The topological polar surface area (TPSA) is 77.8 Å². The zero-order valence-electron chi connectivity index (χ0n) is 8.56. The van der Waals surface area contributed by atoms with E-state index < -0.39 is 11.9 Å². The van der Waals surface area contributed by atoms with Crippen LogP contribution in [0.4, 0.5) is 0 Å². The molecule has 82 valence electrons. The van der Waals surface area contributed by atoms with Gasteiger partial charge in [-0.15, -0.1) is 0 Å². The number of Topliss-reactive ketones (excluding diaryl/α,β-unsaturated/α-hetero) is 1. The molecule has 1 unspecified atom stereocenters. The van der Waals surface area contributed by atoms with Crippen molar-refractivity contribution in [1.29, 1.82) is 0 Å². The molecule has 0 saturated heterocycles. The van der Waals surface area contributed by atoms with Crippen LogP contribution in [0.25, 0.3) is 0 Å². The summed E-state index contributed by atoms with van der Waals surface area (Å²) in [5, 5.41) is 17.4. The van der Waals surface area contributed by atoms with Gasteiger partial charge in [-0.2, -0.15) is 0 Å². The standard InChI is InChI=1S/C9H17NO4/c1-7(9(13)14)5-10(3-4-11)6-8(2)12/h7,11H,3-6H2,1-2H3,(H,13,14). The Bertz CT molecular complexity index is 205. The molecule has 0 heterocycles. The summed E-state index contributed by atoms with van der Waals surface area (Å²) in [6.07, 6.45) is 0. The van der Waals surface area contributed by atoms with Crippen LogP contribution in [0.3, 0.4) is 0 Å². The predicted octanol–water partition coefficient (Wildman–Crippen LogP) is -0.410. The molecule has 0 bridgehead atoms. The third kappa shape index (κ3) is 5.66. The normalized spacial score (nSPS) is 12.9. The molecule has 0 spiro atoms. The van der Waals surface area contributed by atoms with Gasteiger partial charge in [-0.1, -0.05) is 6.92 Å². The van der Waals surface area contributed by atoms with E-state index in [9.17, 15) is 9.59 Å². The average molecular weight is 203 g/mol. The third-order valence-corrected chi connectivity index (χ3v) is 1.82. The lowest BCUT2D eigenvalue weighted by molar-refractivity contribution is -0.142. The van der Waals surface area contributed by atoms with Crippen molar-refractivity contribution in [3.8, 4) is 0 Å². The fourth-order valence-corrected chi connectivity index (χ4v) is 1.16. The number of ketones is 1. The van der Waals surface area contributed by atoms with E-state index in [1.807, 2.05) is 0 Å². The summed E-state index contributed by atoms with van der Waals surface area (Å²) in [4.78, 5) is 23.0. The molecule has 1 atom stereocenters. The van der Waals surface area contributed by atoms with Crippen molar-refractivity contribution >= 4 is 11.8 Å². The van der Waals surface area contributed by atoms with Gasteiger partial charge in [0.05, 0.1) is 19.1 Å². The van der Waals surface area contributed by atoms with Crippen LogP contribution in [0, 0.1) is 5.92 Å². The number of aliphatic carboxylic acids is 1. The number of hydrogen-bond acceptors (Lipinski definition) is 4. The lowest BCUT2D eigenvalue weighted by Gasteiger charge is -2.21. The fourth-order valence-electron chi connectivity index (χ4n) is 1.16. The van der Waals surface area contributed by atoms with Crippen molar-refractivity contribution in [2.24, 2.45) is 5.92 Å². The molecule has 14 heavy (non-hydrogen) atoms. The molecular weight excluding hydrogens is 186 g/mol. The maximum Gasteiger partial charge on any atom is 0.307 e. The van der Waals surface area contributed by atoms with Gasteiger partial charge in [-0.05, 0) is 6.92 Å². The van der Waals surface area contributed by atoms with Gasteiger partial charge in [0.15, 0.2) is 0 Å². The molecular formula is C9H17NO4. The van der Waals surface area contributed by atoms with Gasteiger partial charge in [0.2, 0.25) is 0 Å². The molecule has 0 fully saturated rings. The lowest BCUT2D eigenvalue weighted by Crippen LogP contribution is -2.37. The highest BCUT2D eigenvalue weighted by molar-refractivity contribution is 5.77. The SMILES string of the molecule is CC(=O)CN(CCO)CC(C)C(=O)O. The van der Waals surface area contributed by atoms with Crippen LogP contribution >= 0.6 is 0 Å². The Kier molecular flexibility index (Phi) is 6.07. The Morgan fingerprint density at radius 2 is 2.00 bits per heavy atom. The Morgan fingerprint density at radius 1 is 1.43 bits per heavy atom. The summed E-state index contributed by atoms with van der Waals surface area (Å²) in [7, 11) is 0. The average Bonchev–Trinajstić information content (AvgIpc) is 2.02. The second-order valence-electron chi connectivity index (χ2n) is 3.40. The molecule has 0 rings (SSSR count). The maximum absolute atomic E-state index is 10.8. The first kappa shape index (κ1) is 13.1. The minimum Gasteiger partial charge on any atom is -0.481 e. The number of aliphatic hydroxyl groups excluding tert-OH is 1. The van der Waals surface area contributed by atoms with Crippen LogP contribution in [0.1, 0.15) is 13.8 Å². The monoisotopic (exact) mass is 203 g/mol. The minimum absolute atomic E-state index is 0.0314. The number of hydrogen-bond donors (Lipinski definition) is 2. The van der Waals surface area contributed by atoms with Crippen molar-refractivity contribution in [2.45, 2.75) is 13.8 Å². The highest BCUT2D eigenvalue weighted by Gasteiger charge is 2.16. The molecule has 0 aliphatic rings. The van der Waals surface area contributed by atoms with Gasteiger partial charge in [-0.25, -0.2) is 0 Å². The van der Waals surface area contributed by atoms with Gasteiger partial charge >= 0.3 is 5.97 Å². The van der Waals surface area contributed by atoms with E-state index in [4.69, 9.17) is 10.2 Å². The first-order valence-electron chi connectivity index (χ1n) is 4.52. The molecule has 0 aliphatic carbocycles. The number of carbonyl (C=O) groups is 2. The highest BCUT2D eigenvalue weighted by Crippen LogP contribution is 2.00. The molecule has 0 aromatic heterocycles. The van der Waals surface area contributed by atoms with Gasteiger partial charge < -0.3 is 10.2 Å². The summed E-state index contributed by atoms with van der Waals surface area (Å²) in [6.45, 7) is 3.76. The molecule has 0 saturated carbocycles. The van der Waals surface area contributed by atoms with Gasteiger partial charge in [0.1, 0.15) is 5.78 Å². The van der Waals surface area contributed by atoms with E-state index in [1.54, 1.807) is 11.8 Å². The molecule has 0 aromatic carbocycles. The van der Waals surface area contributed by atoms with E-state index in [1.165, 1.54) is 6.92 Å².